The molecule has 0 heterocycles. The molecule has 0 bridgehead atoms. The number of hydrogen-bond donors (Lipinski definition) is 1. The monoisotopic (exact) mass is 413 g/mol. The molecule has 0 atom stereocenters. The van der Waals surface area contributed by atoms with Crippen LogP contribution >= 0.6 is 34.2 Å². The zero-order valence-electron chi connectivity index (χ0n) is 11.8. The average Bonchev–Trinajstić information content (AvgIpc) is 2.44. The van der Waals surface area contributed by atoms with Crippen LogP contribution in [0, 0.1) is 3.57 Å². The highest BCUT2D eigenvalue weighted by Gasteiger charge is 2.30. The highest BCUT2D eigenvalue weighted by atomic mass is 127. The van der Waals surface area contributed by atoms with Gasteiger partial charge in [0.05, 0.1) is 7.11 Å². The number of anilines is 1. The first-order valence-electron chi connectivity index (χ1n) is 7.01. The smallest absolute Gasteiger partial charge is 0.119 e. The summed E-state index contributed by atoms with van der Waals surface area (Å²) in [6, 6.07) is 14.9. The second-order valence-corrected chi connectivity index (χ2v) is 7.01. The first-order chi connectivity index (χ1) is 10.2. The summed E-state index contributed by atoms with van der Waals surface area (Å²) in [7, 11) is 1.71. The lowest BCUT2D eigenvalue weighted by Crippen LogP contribution is -2.34. The molecule has 2 aromatic carbocycles. The molecular formula is C17H17ClINO. The molecule has 1 fully saturated rings. The molecule has 110 valence electrons. The molecule has 2 aromatic rings. The van der Waals surface area contributed by atoms with Crippen molar-refractivity contribution in [1.29, 1.82) is 0 Å². The van der Waals surface area contributed by atoms with Crippen molar-refractivity contribution in [3.63, 3.8) is 0 Å². The number of halogens is 2. The maximum atomic E-state index is 5.99. The lowest BCUT2D eigenvalue weighted by molar-refractivity contribution is 0.370. The van der Waals surface area contributed by atoms with Gasteiger partial charge < -0.3 is 10.1 Å². The summed E-state index contributed by atoms with van der Waals surface area (Å²) in [6.07, 6.45) is 2.32. The van der Waals surface area contributed by atoms with Crippen LogP contribution in [0.2, 0.25) is 5.02 Å². The third-order valence-electron chi connectivity index (χ3n) is 3.99. The van der Waals surface area contributed by atoms with Crippen molar-refractivity contribution in [2.75, 3.05) is 12.4 Å². The molecular weight excluding hydrogens is 397 g/mol. The van der Waals surface area contributed by atoms with Gasteiger partial charge in [0.1, 0.15) is 5.75 Å². The van der Waals surface area contributed by atoms with E-state index in [0.717, 1.165) is 23.6 Å². The number of benzene rings is 2. The molecule has 4 heteroatoms. The van der Waals surface area contributed by atoms with Crippen molar-refractivity contribution in [1.82, 2.24) is 0 Å². The van der Waals surface area contributed by atoms with Crippen LogP contribution in [0.1, 0.15) is 24.3 Å². The summed E-state index contributed by atoms with van der Waals surface area (Å²) in [4.78, 5) is 0. The number of hydrogen-bond acceptors (Lipinski definition) is 2. The molecule has 0 radical (unpaired) electrons. The Labute approximate surface area is 144 Å². The Bertz CT molecular complexity index is 640. The van der Waals surface area contributed by atoms with Crippen LogP contribution in [-0.4, -0.2) is 13.2 Å². The first kappa shape index (κ1) is 15.0. The molecule has 0 spiro atoms. The minimum atomic E-state index is 0.538. The van der Waals surface area contributed by atoms with Crippen molar-refractivity contribution in [2.24, 2.45) is 0 Å². The van der Waals surface area contributed by atoms with E-state index in [4.69, 9.17) is 16.3 Å². The first-order valence-corrected chi connectivity index (χ1v) is 8.47. The van der Waals surface area contributed by atoms with E-state index in [1.54, 1.807) is 7.11 Å². The van der Waals surface area contributed by atoms with Crippen molar-refractivity contribution in [3.8, 4) is 5.75 Å². The molecule has 1 aliphatic rings. The molecule has 1 saturated carbocycles. The summed E-state index contributed by atoms with van der Waals surface area (Å²) < 4.78 is 6.47. The van der Waals surface area contributed by atoms with Crippen LogP contribution in [0.25, 0.3) is 0 Å². The van der Waals surface area contributed by atoms with Crippen molar-refractivity contribution in [2.45, 2.75) is 24.8 Å². The van der Waals surface area contributed by atoms with Crippen LogP contribution in [0.4, 0.5) is 5.69 Å². The average molecular weight is 414 g/mol. The minimum absolute atomic E-state index is 0.538. The van der Waals surface area contributed by atoms with E-state index in [0.29, 0.717) is 12.0 Å². The highest BCUT2D eigenvalue weighted by molar-refractivity contribution is 14.1. The summed E-state index contributed by atoms with van der Waals surface area (Å²) in [5.74, 6) is 1.57. The highest BCUT2D eigenvalue weighted by Crippen LogP contribution is 2.40. The summed E-state index contributed by atoms with van der Waals surface area (Å²) in [5.41, 5.74) is 2.55. The van der Waals surface area contributed by atoms with Crippen LogP contribution in [-0.2, 0) is 0 Å². The Morgan fingerprint density at radius 3 is 2.71 bits per heavy atom. The predicted molar refractivity (Wildman–Crippen MR) is 96.5 cm³/mol. The quantitative estimate of drug-likeness (QED) is 0.686. The Kier molecular flexibility index (Phi) is 4.60. The molecule has 21 heavy (non-hydrogen) atoms. The van der Waals surface area contributed by atoms with Gasteiger partial charge in [-0.05, 0) is 77.2 Å². The van der Waals surface area contributed by atoms with Gasteiger partial charge in [-0.15, -0.1) is 0 Å². The van der Waals surface area contributed by atoms with Gasteiger partial charge in [0.25, 0.3) is 0 Å². The fraction of sp³-hybridized carbons (Fsp3) is 0.294. The molecule has 0 unspecified atom stereocenters. The van der Waals surface area contributed by atoms with Crippen LogP contribution in [0.3, 0.4) is 0 Å². The Balaban J connectivity index is 1.60. The lowest BCUT2D eigenvalue weighted by atomic mass is 9.76. The molecule has 0 amide bonds. The summed E-state index contributed by atoms with van der Waals surface area (Å²) in [6.45, 7) is 0. The van der Waals surface area contributed by atoms with Crippen LogP contribution < -0.4 is 10.1 Å². The van der Waals surface area contributed by atoms with E-state index in [-0.39, 0.29) is 0 Å². The topological polar surface area (TPSA) is 21.3 Å². The largest absolute Gasteiger partial charge is 0.497 e. The molecule has 1 N–H and O–H groups in total. The van der Waals surface area contributed by atoms with Crippen molar-refractivity contribution in [3.05, 3.63) is 56.6 Å². The number of rotatable bonds is 4. The standard InChI is InChI=1S/C17H17ClINO/c1-21-15-4-2-3-11(9-15)12-7-14(8-12)20-17-6-5-13(18)10-16(17)19/h2-6,9-10,12,14,20H,7-8H2,1H3. The second kappa shape index (κ2) is 6.44. The zero-order chi connectivity index (χ0) is 14.8. The van der Waals surface area contributed by atoms with Gasteiger partial charge in [0, 0.05) is 20.3 Å². The number of methoxy groups -OCH3 is 1. The Morgan fingerprint density at radius 2 is 2.00 bits per heavy atom. The van der Waals surface area contributed by atoms with Gasteiger partial charge in [0.2, 0.25) is 0 Å². The summed E-state index contributed by atoms with van der Waals surface area (Å²) in [5, 5.41) is 4.39. The van der Waals surface area contributed by atoms with E-state index in [1.165, 1.54) is 14.8 Å². The van der Waals surface area contributed by atoms with E-state index in [1.807, 2.05) is 18.2 Å². The number of ether oxygens (including phenoxy) is 1. The van der Waals surface area contributed by atoms with Crippen molar-refractivity contribution < 1.29 is 4.74 Å². The van der Waals surface area contributed by atoms with E-state index < -0.39 is 0 Å². The van der Waals surface area contributed by atoms with Gasteiger partial charge in [-0.1, -0.05) is 23.7 Å². The fourth-order valence-corrected chi connectivity index (χ4v) is 3.76. The van der Waals surface area contributed by atoms with Crippen LogP contribution in [0.15, 0.2) is 42.5 Å². The van der Waals surface area contributed by atoms with Gasteiger partial charge in [-0.25, -0.2) is 0 Å². The maximum Gasteiger partial charge on any atom is 0.119 e. The third kappa shape index (κ3) is 3.46. The second-order valence-electron chi connectivity index (χ2n) is 5.41. The Morgan fingerprint density at radius 1 is 1.19 bits per heavy atom. The molecule has 0 aromatic heterocycles. The predicted octanol–water partition coefficient (Wildman–Crippen LogP) is 5.31. The lowest BCUT2D eigenvalue weighted by Gasteiger charge is -2.37. The normalized spacial score (nSPS) is 20.7. The molecule has 3 rings (SSSR count). The molecule has 0 saturated heterocycles. The summed E-state index contributed by atoms with van der Waals surface area (Å²) >= 11 is 8.31. The molecule has 1 aliphatic carbocycles. The van der Waals surface area contributed by atoms with Crippen LogP contribution in [0.5, 0.6) is 5.75 Å². The minimum Gasteiger partial charge on any atom is -0.497 e. The van der Waals surface area contributed by atoms with E-state index in [9.17, 15) is 0 Å². The molecule has 2 nitrogen and oxygen atoms in total. The van der Waals surface area contributed by atoms with Gasteiger partial charge in [-0.3, -0.25) is 0 Å². The maximum absolute atomic E-state index is 5.99. The van der Waals surface area contributed by atoms with E-state index in [2.05, 4.69) is 52.2 Å². The zero-order valence-corrected chi connectivity index (χ0v) is 14.7. The van der Waals surface area contributed by atoms with Gasteiger partial charge in [-0.2, -0.15) is 0 Å². The van der Waals surface area contributed by atoms with Gasteiger partial charge in [0.15, 0.2) is 0 Å². The molecule has 0 aliphatic heterocycles. The van der Waals surface area contributed by atoms with Gasteiger partial charge >= 0.3 is 0 Å². The number of nitrogens with one attached hydrogen (secondary N) is 1. The third-order valence-corrected chi connectivity index (χ3v) is 5.12. The fourth-order valence-electron chi connectivity index (χ4n) is 2.73. The van der Waals surface area contributed by atoms with E-state index >= 15 is 0 Å². The SMILES string of the molecule is COc1cccc(C2CC(Nc3ccc(Cl)cc3I)C2)c1. The van der Waals surface area contributed by atoms with Crippen molar-refractivity contribution >= 4 is 39.9 Å². The Hall–Kier alpha value is -0.940.